The van der Waals surface area contributed by atoms with E-state index >= 15 is 0 Å². The van der Waals surface area contributed by atoms with Crippen molar-refractivity contribution in [1.29, 1.82) is 5.26 Å². The van der Waals surface area contributed by atoms with Crippen LogP contribution >= 0.6 is 23.2 Å². The van der Waals surface area contributed by atoms with Crippen molar-refractivity contribution in [3.05, 3.63) is 57.6 Å². The number of amides is 1. The standard InChI is InChI=1S/C16H10Cl2N2O4/c17-10-2-1-9(7-19)13(5-10)20-15(22)8-24-16(23)12-4-3-11(18)6-14(12)21/h1-6,21H,8H2,(H,20,22). The highest BCUT2D eigenvalue weighted by Gasteiger charge is 2.15. The van der Waals surface area contributed by atoms with E-state index in [1.807, 2.05) is 6.07 Å². The van der Waals surface area contributed by atoms with E-state index in [-0.39, 0.29) is 27.6 Å². The number of phenolic OH excluding ortho intramolecular Hbond substituents is 1. The van der Waals surface area contributed by atoms with Gasteiger partial charge < -0.3 is 15.2 Å². The molecule has 0 atom stereocenters. The molecular weight excluding hydrogens is 355 g/mol. The molecule has 6 nitrogen and oxygen atoms in total. The lowest BCUT2D eigenvalue weighted by Crippen LogP contribution is -2.21. The Labute approximate surface area is 147 Å². The Kier molecular flexibility index (Phi) is 5.64. The number of carbonyl (C=O) groups is 2. The maximum atomic E-state index is 11.8. The first-order valence-electron chi connectivity index (χ1n) is 6.56. The largest absolute Gasteiger partial charge is 0.507 e. The molecule has 0 unspecified atom stereocenters. The minimum atomic E-state index is -0.883. The highest BCUT2D eigenvalue weighted by Crippen LogP contribution is 2.23. The van der Waals surface area contributed by atoms with Gasteiger partial charge in [0.05, 0.1) is 11.3 Å². The predicted octanol–water partition coefficient (Wildman–Crippen LogP) is 3.37. The van der Waals surface area contributed by atoms with Crippen LogP contribution in [-0.2, 0) is 9.53 Å². The molecule has 0 heterocycles. The third-order valence-corrected chi connectivity index (χ3v) is 3.36. The van der Waals surface area contributed by atoms with Gasteiger partial charge in [-0.05, 0) is 36.4 Å². The van der Waals surface area contributed by atoms with Gasteiger partial charge in [-0.2, -0.15) is 5.26 Å². The summed E-state index contributed by atoms with van der Waals surface area (Å²) in [4.78, 5) is 23.7. The van der Waals surface area contributed by atoms with Crippen LogP contribution in [0.5, 0.6) is 5.75 Å². The zero-order valence-electron chi connectivity index (χ0n) is 12.0. The smallest absolute Gasteiger partial charge is 0.342 e. The van der Waals surface area contributed by atoms with E-state index in [1.165, 1.54) is 36.4 Å². The van der Waals surface area contributed by atoms with Crippen LogP contribution in [0, 0.1) is 11.3 Å². The summed E-state index contributed by atoms with van der Waals surface area (Å²) in [5.74, 6) is -1.89. The molecule has 0 aliphatic heterocycles. The quantitative estimate of drug-likeness (QED) is 0.810. The zero-order valence-corrected chi connectivity index (χ0v) is 13.6. The maximum Gasteiger partial charge on any atom is 0.342 e. The number of hydrogen-bond donors (Lipinski definition) is 2. The predicted molar refractivity (Wildman–Crippen MR) is 88.2 cm³/mol. The van der Waals surface area contributed by atoms with Gasteiger partial charge >= 0.3 is 5.97 Å². The van der Waals surface area contributed by atoms with Gasteiger partial charge in [0.1, 0.15) is 17.4 Å². The fraction of sp³-hybridized carbons (Fsp3) is 0.0625. The molecule has 0 spiro atoms. The van der Waals surface area contributed by atoms with E-state index in [9.17, 15) is 14.7 Å². The van der Waals surface area contributed by atoms with Gasteiger partial charge in [0.15, 0.2) is 6.61 Å². The van der Waals surface area contributed by atoms with E-state index in [1.54, 1.807) is 0 Å². The SMILES string of the molecule is N#Cc1ccc(Cl)cc1NC(=O)COC(=O)c1ccc(Cl)cc1O. The molecule has 2 N–H and O–H groups in total. The molecule has 0 saturated carbocycles. The molecule has 1 amide bonds. The van der Waals surface area contributed by atoms with E-state index in [4.69, 9.17) is 33.2 Å². The number of anilines is 1. The number of rotatable bonds is 4. The number of phenols is 1. The van der Waals surface area contributed by atoms with Gasteiger partial charge in [0.2, 0.25) is 0 Å². The van der Waals surface area contributed by atoms with Crippen molar-refractivity contribution in [2.75, 3.05) is 11.9 Å². The van der Waals surface area contributed by atoms with Crippen molar-refractivity contribution in [3.8, 4) is 11.8 Å². The average Bonchev–Trinajstić information content (AvgIpc) is 2.53. The number of carbonyl (C=O) groups excluding carboxylic acids is 2. The van der Waals surface area contributed by atoms with Gasteiger partial charge in [-0.15, -0.1) is 0 Å². The third-order valence-electron chi connectivity index (χ3n) is 2.89. The summed E-state index contributed by atoms with van der Waals surface area (Å²) in [6.45, 7) is -0.599. The Hall–Kier alpha value is -2.75. The fourth-order valence-corrected chi connectivity index (χ4v) is 2.13. The first-order valence-corrected chi connectivity index (χ1v) is 7.31. The summed E-state index contributed by atoms with van der Waals surface area (Å²) in [6, 6.07) is 10.1. The number of ether oxygens (including phenoxy) is 1. The molecule has 0 fully saturated rings. The number of esters is 1. The van der Waals surface area contributed by atoms with Crippen LogP contribution in [0.25, 0.3) is 0 Å². The molecule has 0 aliphatic rings. The second-order valence-electron chi connectivity index (χ2n) is 4.59. The summed E-state index contributed by atoms with van der Waals surface area (Å²) in [7, 11) is 0. The van der Waals surface area contributed by atoms with Gasteiger partial charge in [-0.25, -0.2) is 4.79 Å². The molecule has 122 valence electrons. The molecular formula is C16H10Cl2N2O4. The lowest BCUT2D eigenvalue weighted by Gasteiger charge is -2.09. The number of hydrogen-bond acceptors (Lipinski definition) is 5. The van der Waals surface area contributed by atoms with Crippen LogP contribution in [0.4, 0.5) is 5.69 Å². The van der Waals surface area contributed by atoms with Crippen LogP contribution in [0.3, 0.4) is 0 Å². The van der Waals surface area contributed by atoms with Crippen LogP contribution in [0.15, 0.2) is 36.4 Å². The molecule has 0 bridgehead atoms. The van der Waals surface area contributed by atoms with Gasteiger partial charge in [-0.1, -0.05) is 23.2 Å². The maximum absolute atomic E-state index is 11.8. The number of benzene rings is 2. The summed E-state index contributed by atoms with van der Waals surface area (Å²) in [5, 5.41) is 21.6. The van der Waals surface area contributed by atoms with Crippen LogP contribution in [0.2, 0.25) is 10.0 Å². The molecule has 2 aromatic carbocycles. The van der Waals surface area contributed by atoms with Crippen LogP contribution in [-0.4, -0.2) is 23.6 Å². The Morgan fingerprint density at radius 3 is 2.50 bits per heavy atom. The number of nitriles is 1. The van der Waals surface area contributed by atoms with Gasteiger partial charge in [-0.3, -0.25) is 4.79 Å². The second kappa shape index (κ2) is 7.68. The number of nitrogens with one attached hydrogen (secondary N) is 1. The van der Waals surface area contributed by atoms with Crippen molar-refractivity contribution in [2.24, 2.45) is 0 Å². The monoisotopic (exact) mass is 364 g/mol. The number of halogens is 2. The normalized spacial score (nSPS) is 9.88. The Morgan fingerprint density at radius 1 is 1.17 bits per heavy atom. The van der Waals surface area contributed by atoms with E-state index < -0.39 is 18.5 Å². The summed E-state index contributed by atoms with van der Waals surface area (Å²) < 4.78 is 4.82. The Balaban J connectivity index is 2.00. The van der Waals surface area contributed by atoms with E-state index in [2.05, 4.69) is 5.32 Å². The minimum absolute atomic E-state index is 0.118. The zero-order chi connectivity index (χ0) is 17.7. The van der Waals surface area contributed by atoms with Crippen molar-refractivity contribution >= 4 is 40.8 Å². The molecule has 2 aromatic rings. The van der Waals surface area contributed by atoms with Crippen molar-refractivity contribution in [1.82, 2.24) is 0 Å². The third kappa shape index (κ3) is 4.38. The molecule has 24 heavy (non-hydrogen) atoms. The molecule has 0 radical (unpaired) electrons. The van der Waals surface area contributed by atoms with Gasteiger partial charge in [0.25, 0.3) is 5.91 Å². The molecule has 8 heteroatoms. The lowest BCUT2D eigenvalue weighted by atomic mass is 10.2. The summed E-state index contributed by atoms with van der Waals surface area (Å²) in [5.41, 5.74) is 0.308. The van der Waals surface area contributed by atoms with Crippen LogP contribution in [0.1, 0.15) is 15.9 Å². The Bertz CT molecular complexity index is 846. The summed E-state index contributed by atoms with van der Waals surface area (Å²) >= 11 is 11.5. The molecule has 2 rings (SSSR count). The van der Waals surface area contributed by atoms with Crippen molar-refractivity contribution in [2.45, 2.75) is 0 Å². The minimum Gasteiger partial charge on any atom is -0.507 e. The number of nitrogens with zero attached hydrogens (tertiary/aromatic N) is 1. The highest BCUT2D eigenvalue weighted by molar-refractivity contribution is 6.31. The Morgan fingerprint density at radius 2 is 1.83 bits per heavy atom. The molecule has 0 saturated heterocycles. The highest BCUT2D eigenvalue weighted by atomic mass is 35.5. The molecule has 0 aromatic heterocycles. The van der Waals surface area contributed by atoms with Crippen molar-refractivity contribution < 1.29 is 19.4 Å². The van der Waals surface area contributed by atoms with Crippen molar-refractivity contribution in [3.63, 3.8) is 0 Å². The first kappa shape index (κ1) is 17.6. The van der Waals surface area contributed by atoms with Gasteiger partial charge in [0, 0.05) is 10.0 Å². The molecule has 0 aliphatic carbocycles. The van der Waals surface area contributed by atoms with Crippen LogP contribution < -0.4 is 5.32 Å². The lowest BCUT2D eigenvalue weighted by molar-refractivity contribution is -0.119. The topological polar surface area (TPSA) is 99.4 Å². The first-order chi connectivity index (χ1) is 11.4. The van der Waals surface area contributed by atoms with E-state index in [0.717, 1.165) is 0 Å². The second-order valence-corrected chi connectivity index (χ2v) is 5.46. The average molecular weight is 365 g/mol. The summed E-state index contributed by atoms with van der Waals surface area (Å²) in [6.07, 6.45) is 0. The van der Waals surface area contributed by atoms with E-state index in [0.29, 0.717) is 5.02 Å². The number of aromatic hydroxyl groups is 1. The fourth-order valence-electron chi connectivity index (χ4n) is 1.79.